The second-order valence-corrected chi connectivity index (χ2v) is 5.67. The van der Waals surface area contributed by atoms with Gasteiger partial charge in [-0.25, -0.2) is 0 Å². The number of nitrogen functional groups attached to an aromatic ring is 1. The molecule has 4 nitrogen and oxygen atoms in total. The highest BCUT2D eigenvalue weighted by molar-refractivity contribution is 9.10. The number of thiophene rings is 1. The van der Waals surface area contributed by atoms with Crippen molar-refractivity contribution in [3.8, 4) is 22.2 Å². The van der Waals surface area contributed by atoms with E-state index in [1.54, 1.807) is 0 Å². The van der Waals surface area contributed by atoms with Crippen LogP contribution in [0.15, 0.2) is 45.4 Å². The Balaban J connectivity index is 1.99. The Morgan fingerprint density at radius 3 is 2.83 bits per heavy atom. The van der Waals surface area contributed by atoms with Crippen molar-refractivity contribution in [3.05, 3.63) is 40.9 Å². The van der Waals surface area contributed by atoms with Crippen LogP contribution in [0.1, 0.15) is 0 Å². The highest BCUT2D eigenvalue weighted by Gasteiger charge is 2.12. The molecule has 18 heavy (non-hydrogen) atoms. The Morgan fingerprint density at radius 2 is 2.11 bits per heavy atom. The quantitative estimate of drug-likeness (QED) is 0.779. The molecule has 2 aromatic heterocycles. The van der Waals surface area contributed by atoms with E-state index >= 15 is 0 Å². The molecule has 90 valence electrons. The van der Waals surface area contributed by atoms with Crippen LogP contribution < -0.4 is 5.73 Å². The van der Waals surface area contributed by atoms with Crippen molar-refractivity contribution in [1.29, 1.82) is 0 Å². The van der Waals surface area contributed by atoms with Crippen LogP contribution in [0.5, 0.6) is 0 Å². The predicted octanol–water partition coefficient (Wildman–Crippen LogP) is 3.81. The Kier molecular flexibility index (Phi) is 2.89. The third-order valence-corrected chi connectivity index (χ3v) is 3.74. The molecule has 0 spiro atoms. The third kappa shape index (κ3) is 2.16. The van der Waals surface area contributed by atoms with Crippen LogP contribution in [0.2, 0.25) is 0 Å². The van der Waals surface area contributed by atoms with Gasteiger partial charge in [0.25, 0.3) is 5.89 Å². The van der Waals surface area contributed by atoms with Crippen LogP contribution in [0.3, 0.4) is 0 Å². The summed E-state index contributed by atoms with van der Waals surface area (Å²) in [6, 6.07) is 11.4. The minimum Gasteiger partial charge on any atom is -0.391 e. The minimum atomic E-state index is 0.492. The summed E-state index contributed by atoms with van der Waals surface area (Å²) in [6.07, 6.45) is 0. The number of anilines is 1. The molecular formula is C12H8BrN3OS. The number of nitrogens with zero attached hydrogens (tertiary/aromatic N) is 2. The van der Waals surface area contributed by atoms with Crippen LogP contribution in [-0.4, -0.2) is 10.1 Å². The van der Waals surface area contributed by atoms with Crippen LogP contribution in [0.25, 0.3) is 22.2 Å². The van der Waals surface area contributed by atoms with Gasteiger partial charge in [-0.15, -0.1) is 11.3 Å². The predicted molar refractivity (Wildman–Crippen MR) is 75.2 cm³/mol. The van der Waals surface area contributed by atoms with Gasteiger partial charge in [0, 0.05) is 10.0 Å². The molecule has 0 unspecified atom stereocenters. The van der Waals surface area contributed by atoms with E-state index < -0.39 is 0 Å². The summed E-state index contributed by atoms with van der Waals surface area (Å²) in [6.45, 7) is 0. The molecule has 0 aliphatic heterocycles. The second-order valence-electron chi connectivity index (χ2n) is 3.64. The summed E-state index contributed by atoms with van der Waals surface area (Å²) in [4.78, 5) is 5.24. The van der Waals surface area contributed by atoms with E-state index in [0.29, 0.717) is 11.7 Å². The number of halogens is 1. The molecule has 2 heterocycles. The van der Waals surface area contributed by atoms with Crippen molar-refractivity contribution in [1.82, 2.24) is 10.1 Å². The Bertz CT molecular complexity index is 692. The van der Waals surface area contributed by atoms with E-state index in [1.165, 1.54) is 11.3 Å². The maximum Gasteiger partial charge on any atom is 0.268 e. The van der Waals surface area contributed by atoms with Gasteiger partial charge in [0.05, 0.1) is 9.88 Å². The van der Waals surface area contributed by atoms with Gasteiger partial charge in [-0.3, -0.25) is 0 Å². The van der Waals surface area contributed by atoms with E-state index in [2.05, 4.69) is 26.1 Å². The number of nitrogens with two attached hydrogens (primary N) is 1. The summed E-state index contributed by atoms with van der Waals surface area (Å²) in [5, 5.41) is 4.70. The molecule has 2 N–H and O–H groups in total. The van der Waals surface area contributed by atoms with Crippen molar-refractivity contribution in [2.75, 3.05) is 5.73 Å². The molecule has 1 aromatic carbocycles. The van der Waals surface area contributed by atoms with E-state index in [1.807, 2.05) is 36.4 Å². The van der Waals surface area contributed by atoms with Crippen molar-refractivity contribution in [3.63, 3.8) is 0 Å². The molecule has 0 radical (unpaired) electrons. The van der Waals surface area contributed by atoms with Crippen molar-refractivity contribution < 1.29 is 4.52 Å². The number of hydrogen-bond acceptors (Lipinski definition) is 5. The summed E-state index contributed by atoms with van der Waals surface area (Å²) < 4.78 is 6.22. The minimum absolute atomic E-state index is 0.492. The lowest BCUT2D eigenvalue weighted by Gasteiger charge is -1.93. The van der Waals surface area contributed by atoms with Crippen LogP contribution in [0, 0.1) is 0 Å². The van der Waals surface area contributed by atoms with Gasteiger partial charge in [-0.05, 0) is 24.3 Å². The average molecular weight is 322 g/mol. The van der Waals surface area contributed by atoms with Crippen LogP contribution in [-0.2, 0) is 0 Å². The first-order valence-electron chi connectivity index (χ1n) is 5.18. The van der Waals surface area contributed by atoms with Crippen LogP contribution >= 0.6 is 27.3 Å². The van der Waals surface area contributed by atoms with Gasteiger partial charge in [-0.2, -0.15) is 4.98 Å². The average Bonchev–Trinajstić information content (AvgIpc) is 2.97. The molecule has 3 rings (SSSR count). The number of aromatic nitrogens is 2. The van der Waals surface area contributed by atoms with E-state index in [4.69, 9.17) is 10.3 Å². The monoisotopic (exact) mass is 321 g/mol. The Morgan fingerprint density at radius 1 is 1.22 bits per heavy atom. The highest BCUT2D eigenvalue weighted by Crippen LogP contribution is 2.30. The standard InChI is InChI=1S/C12H8BrN3OS/c13-8-3-1-2-7(6-8)11-15-12(17-16-11)9-4-5-10(14)18-9/h1-6H,14H2. The smallest absolute Gasteiger partial charge is 0.268 e. The van der Waals surface area contributed by atoms with Gasteiger partial charge < -0.3 is 10.3 Å². The molecule has 3 aromatic rings. The van der Waals surface area contributed by atoms with Gasteiger partial charge in [-0.1, -0.05) is 33.2 Å². The largest absolute Gasteiger partial charge is 0.391 e. The fourth-order valence-electron chi connectivity index (χ4n) is 1.54. The molecule has 0 aliphatic rings. The van der Waals surface area contributed by atoms with Crippen molar-refractivity contribution >= 4 is 32.3 Å². The zero-order valence-corrected chi connectivity index (χ0v) is 11.5. The normalized spacial score (nSPS) is 10.7. The van der Waals surface area contributed by atoms with Crippen LogP contribution in [0.4, 0.5) is 5.00 Å². The fraction of sp³-hybridized carbons (Fsp3) is 0. The van der Waals surface area contributed by atoms with Crippen molar-refractivity contribution in [2.24, 2.45) is 0 Å². The van der Waals surface area contributed by atoms with E-state index in [-0.39, 0.29) is 0 Å². The molecule has 6 heteroatoms. The first-order valence-corrected chi connectivity index (χ1v) is 6.78. The van der Waals surface area contributed by atoms with Gasteiger partial charge in [0.1, 0.15) is 0 Å². The molecule has 0 amide bonds. The Labute approximate surface area is 116 Å². The maximum atomic E-state index is 5.68. The molecule has 0 aliphatic carbocycles. The first kappa shape index (κ1) is 11.4. The van der Waals surface area contributed by atoms with Gasteiger partial charge >= 0.3 is 0 Å². The molecule has 0 saturated heterocycles. The van der Waals surface area contributed by atoms with E-state index in [0.717, 1.165) is 19.9 Å². The lowest BCUT2D eigenvalue weighted by atomic mass is 10.2. The SMILES string of the molecule is Nc1ccc(-c2nc(-c3cccc(Br)c3)no2)s1. The van der Waals surface area contributed by atoms with Crippen molar-refractivity contribution in [2.45, 2.75) is 0 Å². The number of rotatable bonds is 2. The summed E-state index contributed by atoms with van der Waals surface area (Å²) >= 11 is 4.84. The molecule has 0 saturated carbocycles. The first-order chi connectivity index (χ1) is 8.72. The summed E-state index contributed by atoms with van der Waals surface area (Å²) in [7, 11) is 0. The number of benzene rings is 1. The third-order valence-electron chi connectivity index (χ3n) is 2.35. The second kappa shape index (κ2) is 4.55. The molecule has 0 fully saturated rings. The zero-order valence-electron chi connectivity index (χ0n) is 9.13. The lowest BCUT2D eigenvalue weighted by Crippen LogP contribution is -1.80. The summed E-state index contributed by atoms with van der Waals surface area (Å²) in [5.41, 5.74) is 6.58. The van der Waals surface area contributed by atoms with Gasteiger partial charge in [0.2, 0.25) is 5.82 Å². The molecule has 0 bridgehead atoms. The molecule has 0 atom stereocenters. The fourth-order valence-corrected chi connectivity index (χ4v) is 2.63. The lowest BCUT2D eigenvalue weighted by molar-refractivity contribution is 0.433. The number of hydrogen-bond donors (Lipinski definition) is 1. The summed E-state index contributed by atoms with van der Waals surface area (Å²) in [5.74, 6) is 1.06. The van der Waals surface area contributed by atoms with E-state index in [9.17, 15) is 0 Å². The topological polar surface area (TPSA) is 64.9 Å². The Hall–Kier alpha value is -1.66. The molecular weight excluding hydrogens is 314 g/mol. The zero-order chi connectivity index (χ0) is 12.5. The highest BCUT2D eigenvalue weighted by atomic mass is 79.9. The maximum absolute atomic E-state index is 5.68. The van der Waals surface area contributed by atoms with Gasteiger partial charge in [0.15, 0.2) is 0 Å².